The lowest BCUT2D eigenvalue weighted by atomic mass is 10.1. The fourth-order valence-corrected chi connectivity index (χ4v) is 4.61. The molecule has 0 unspecified atom stereocenters. The zero-order valence-electron chi connectivity index (χ0n) is 14.8. The average Bonchev–Trinajstić information content (AvgIpc) is 2.69. The van der Waals surface area contributed by atoms with Crippen molar-refractivity contribution in [2.24, 2.45) is 0 Å². The smallest absolute Gasteiger partial charge is 0.243 e. The second kappa shape index (κ2) is 8.58. The monoisotopic (exact) mass is 372 g/mol. The van der Waals surface area contributed by atoms with E-state index in [4.69, 9.17) is 0 Å². The number of Topliss-reactive ketones (excluding diaryl/α,β-unsaturated/α-hetero) is 1. The molecule has 1 aliphatic heterocycles. The van der Waals surface area contributed by atoms with Gasteiger partial charge in [-0.1, -0.05) is 48.5 Å². The van der Waals surface area contributed by atoms with E-state index in [1.54, 1.807) is 28.6 Å². The summed E-state index contributed by atoms with van der Waals surface area (Å²) in [7, 11) is -3.40. The van der Waals surface area contributed by atoms with Crippen LogP contribution < -0.4 is 0 Å². The molecule has 1 fully saturated rings. The van der Waals surface area contributed by atoms with Crippen molar-refractivity contribution in [3.05, 3.63) is 66.2 Å². The molecule has 5 nitrogen and oxygen atoms in total. The lowest BCUT2D eigenvalue weighted by Gasteiger charge is -2.33. The highest BCUT2D eigenvalue weighted by Crippen LogP contribution is 2.17. The van der Waals surface area contributed by atoms with Crippen molar-refractivity contribution in [3.8, 4) is 0 Å². The molecule has 2 aromatic carbocycles. The van der Waals surface area contributed by atoms with Gasteiger partial charge in [-0.15, -0.1) is 0 Å². The molecule has 0 bridgehead atoms. The summed E-state index contributed by atoms with van der Waals surface area (Å²) in [6.45, 7) is 3.20. The van der Waals surface area contributed by atoms with Crippen molar-refractivity contribution >= 4 is 15.8 Å². The molecule has 0 N–H and O–H groups in total. The Labute approximate surface area is 155 Å². The average molecular weight is 372 g/mol. The summed E-state index contributed by atoms with van der Waals surface area (Å²) in [6.07, 6.45) is 1.31. The molecule has 1 aliphatic rings. The second-order valence-electron chi connectivity index (χ2n) is 6.45. The van der Waals surface area contributed by atoms with Crippen LogP contribution in [0.3, 0.4) is 0 Å². The van der Waals surface area contributed by atoms with Gasteiger partial charge in [0.2, 0.25) is 10.0 Å². The van der Waals surface area contributed by atoms with Crippen LogP contribution in [0.2, 0.25) is 0 Å². The molecule has 0 saturated carbocycles. The van der Waals surface area contributed by atoms with Crippen molar-refractivity contribution < 1.29 is 13.2 Å². The first-order valence-corrected chi connectivity index (χ1v) is 10.4. The minimum Gasteiger partial charge on any atom is -0.301 e. The molecule has 0 atom stereocenters. The van der Waals surface area contributed by atoms with Gasteiger partial charge >= 0.3 is 0 Å². The summed E-state index contributed by atoms with van der Waals surface area (Å²) >= 11 is 0. The fourth-order valence-electron chi connectivity index (χ4n) is 3.17. The highest BCUT2D eigenvalue weighted by molar-refractivity contribution is 7.89. The van der Waals surface area contributed by atoms with Crippen LogP contribution in [0.1, 0.15) is 23.2 Å². The van der Waals surface area contributed by atoms with Gasteiger partial charge < -0.3 is 4.90 Å². The quantitative estimate of drug-likeness (QED) is 0.701. The highest BCUT2D eigenvalue weighted by atomic mass is 32.2. The van der Waals surface area contributed by atoms with Crippen LogP contribution in [-0.4, -0.2) is 56.1 Å². The third-order valence-electron chi connectivity index (χ3n) is 4.69. The van der Waals surface area contributed by atoms with Crippen LogP contribution in [0, 0.1) is 0 Å². The van der Waals surface area contributed by atoms with Gasteiger partial charge in [-0.25, -0.2) is 8.42 Å². The van der Waals surface area contributed by atoms with Crippen LogP contribution in [0.5, 0.6) is 0 Å². The molecule has 0 aromatic heterocycles. The van der Waals surface area contributed by atoms with E-state index in [1.165, 1.54) is 0 Å². The van der Waals surface area contributed by atoms with Crippen molar-refractivity contribution in [1.82, 2.24) is 9.21 Å². The molecule has 1 heterocycles. The molecule has 6 heteroatoms. The molecular formula is C20H24N2O3S. The minimum atomic E-state index is -3.40. The van der Waals surface area contributed by atoms with Crippen LogP contribution in [-0.2, 0) is 10.0 Å². The second-order valence-corrected chi connectivity index (χ2v) is 8.39. The van der Waals surface area contributed by atoms with Gasteiger partial charge in [-0.3, -0.25) is 4.79 Å². The summed E-state index contributed by atoms with van der Waals surface area (Å²) < 4.78 is 26.8. The first-order valence-electron chi connectivity index (χ1n) is 8.93. The number of nitrogens with zero attached hydrogens (tertiary/aromatic N) is 2. The van der Waals surface area contributed by atoms with E-state index in [0.29, 0.717) is 37.5 Å². The van der Waals surface area contributed by atoms with Crippen molar-refractivity contribution in [3.63, 3.8) is 0 Å². The van der Waals surface area contributed by atoms with Crippen LogP contribution >= 0.6 is 0 Å². The Morgan fingerprint density at radius 2 is 1.42 bits per heavy atom. The predicted molar refractivity (Wildman–Crippen MR) is 102 cm³/mol. The molecule has 138 valence electrons. The fraction of sp³-hybridized carbons (Fsp3) is 0.350. The molecule has 0 amide bonds. The zero-order valence-corrected chi connectivity index (χ0v) is 15.6. The van der Waals surface area contributed by atoms with Gasteiger partial charge in [0.1, 0.15) is 0 Å². The molecule has 0 spiro atoms. The molecule has 2 aromatic rings. The molecule has 26 heavy (non-hydrogen) atoms. The minimum absolute atomic E-state index is 0.163. The Bertz CT molecular complexity index is 815. The summed E-state index contributed by atoms with van der Waals surface area (Å²) in [5, 5.41) is 0. The maximum absolute atomic E-state index is 12.6. The van der Waals surface area contributed by atoms with Crippen LogP contribution in [0.4, 0.5) is 0 Å². The van der Waals surface area contributed by atoms with E-state index in [-0.39, 0.29) is 5.78 Å². The number of rotatable bonds is 7. The summed E-state index contributed by atoms with van der Waals surface area (Å²) in [5.41, 5.74) is 0.756. The van der Waals surface area contributed by atoms with Gasteiger partial charge in [0.25, 0.3) is 0 Å². The third kappa shape index (κ3) is 4.58. The number of piperazine rings is 1. The van der Waals surface area contributed by atoms with Crippen LogP contribution in [0.15, 0.2) is 65.6 Å². The maximum Gasteiger partial charge on any atom is 0.243 e. The number of ketones is 1. The van der Waals surface area contributed by atoms with E-state index >= 15 is 0 Å². The van der Waals surface area contributed by atoms with Gasteiger partial charge in [0.15, 0.2) is 5.78 Å². The Morgan fingerprint density at radius 1 is 0.846 bits per heavy atom. The SMILES string of the molecule is O=C(CCCN1CCN(S(=O)(=O)c2ccccc2)CC1)c1ccccc1. The normalized spacial score (nSPS) is 16.5. The first kappa shape index (κ1) is 18.8. The van der Waals surface area contributed by atoms with E-state index < -0.39 is 10.0 Å². The van der Waals surface area contributed by atoms with Crippen molar-refractivity contribution in [2.75, 3.05) is 32.7 Å². The molecule has 0 aliphatic carbocycles. The van der Waals surface area contributed by atoms with Crippen LogP contribution in [0.25, 0.3) is 0 Å². The maximum atomic E-state index is 12.6. The Balaban J connectivity index is 1.45. The first-order chi connectivity index (χ1) is 12.6. The number of hydrogen-bond acceptors (Lipinski definition) is 4. The van der Waals surface area contributed by atoms with Gasteiger partial charge in [0.05, 0.1) is 4.90 Å². The Hall–Kier alpha value is -2.02. The Morgan fingerprint density at radius 3 is 2.04 bits per heavy atom. The molecule has 0 radical (unpaired) electrons. The molecule has 3 rings (SSSR count). The zero-order chi connectivity index (χ0) is 18.4. The predicted octanol–water partition coefficient (Wildman–Crippen LogP) is 2.66. The summed E-state index contributed by atoms with van der Waals surface area (Å²) in [4.78, 5) is 14.7. The van der Waals surface area contributed by atoms with E-state index in [9.17, 15) is 13.2 Å². The lowest BCUT2D eigenvalue weighted by molar-refractivity contribution is 0.0971. The van der Waals surface area contributed by atoms with E-state index in [1.807, 2.05) is 36.4 Å². The summed E-state index contributed by atoms with van der Waals surface area (Å²) in [6, 6.07) is 17.9. The number of carbonyl (C=O) groups is 1. The lowest BCUT2D eigenvalue weighted by Crippen LogP contribution is -2.48. The van der Waals surface area contributed by atoms with Gasteiger partial charge in [-0.2, -0.15) is 4.31 Å². The third-order valence-corrected chi connectivity index (χ3v) is 6.60. The standard InChI is InChI=1S/C20H24N2O3S/c23-20(18-8-3-1-4-9-18)12-7-13-21-14-16-22(17-15-21)26(24,25)19-10-5-2-6-11-19/h1-6,8-11H,7,12-17H2. The van der Waals surface area contributed by atoms with Crippen molar-refractivity contribution in [1.29, 1.82) is 0 Å². The number of benzene rings is 2. The van der Waals surface area contributed by atoms with E-state index in [0.717, 1.165) is 18.5 Å². The molecular weight excluding hydrogens is 348 g/mol. The Kier molecular flexibility index (Phi) is 6.19. The largest absolute Gasteiger partial charge is 0.301 e. The highest BCUT2D eigenvalue weighted by Gasteiger charge is 2.28. The number of sulfonamides is 1. The van der Waals surface area contributed by atoms with Gasteiger partial charge in [-0.05, 0) is 25.1 Å². The molecule has 1 saturated heterocycles. The van der Waals surface area contributed by atoms with Crippen molar-refractivity contribution in [2.45, 2.75) is 17.7 Å². The van der Waals surface area contributed by atoms with Gasteiger partial charge in [0, 0.05) is 38.2 Å². The number of carbonyl (C=O) groups excluding carboxylic acids is 1. The number of hydrogen-bond donors (Lipinski definition) is 0. The summed E-state index contributed by atoms with van der Waals surface area (Å²) in [5.74, 6) is 0.163. The topological polar surface area (TPSA) is 57.7 Å². The van der Waals surface area contributed by atoms with E-state index in [2.05, 4.69) is 4.90 Å².